The third-order valence-electron chi connectivity index (χ3n) is 5.45. The van der Waals surface area contributed by atoms with E-state index in [0.717, 1.165) is 0 Å². The number of halogens is 2. The largest absolute Gasteiger partial charge is 1.00 e. The van der Waals surface area contributed by atoms with Gasteiger partial charge in [-0.15, -0.1) is 5.11 Å². The van der Waals surface area contributed by atoms with Crippen LogP contribution in [0.15, 0.2) is 75.8 Å². The first-order chi connectivity index (χ1) is 18.0. The molecule has 0 aliphatic heterocycles. The Balaban J connectivity index is 0.00000420. The van der Waals surface area contributed by atoms with E-state index in [1.165, 1.54) is 31.2 Å². The van der Waals surface area contributed by atoms with Gasteiger partial charge in [-0.25, -0.2) is 0 Å². The fraction of sp³-hybridized carbons (Fsp3) is 0.115. The summed E-state index contributed by atoms with van der Waals surface area (Å²) in [5, 5.41) is 25.3. The van der Waals surface area contributed by atoms with Crippen molar-refractivity contribution >= 4 is 67.1 Å². The van der Waals surface area contributed by atoms with Crippen LogP contribution in [-0.4, -0.2) is 25.5 Å². The van der Waals surface area contributed by atoms with Gasteiger partial charge >= 0.3 is 29.6 Å². The summed E-state index contributed by atoms with van der Waals surface area (Å²) in [6.07, 6.45) is 0. The van der Waals surface area contributed by atoms with Crippen LogP contribution in [0.1, 0.15) is 22.8 Å². The molecule has 9 nitrogen and oxygen atoms in total. The number of nitrogens with zero attached hydrogens (tertiary/aromatic N) is 2. The average Bonchev–Trinajstić information content (AvgIpc) is 2.83. The molecule has 0 aliphatic rings. The molecule has 0 spiro atoms. The van der Waals surface area contributed by atoms with Crippen molar-refractivity contribution in [2.75, 3.05) is 11.9 Å². The first-order valence-electron chi connectivity index (χ1n) is 11.2. The van der Waals surface area contributed by atoms with Crippen molar-refractivity contribution in [3.8, 4) is 11.5 Å². The Kier molecular flexibility index (Phi) is 10.0. The number of aryl methyl sites for hydroxylation is 1. The molecule has 196 valence electrons. The average molecular weight is 596 g/mol. The maximum absolute atomic E-state index is 13.4. The second kappa shape index (κ2) is 12.6. The molecule has 13 heteroatoms. The van der Waals surface area contributed by atoms with Gasteiger partial charge in [-0.1, -0.05) is 53.2 Å². The molecule has 4 aromatic carbocycles. The number of fused-ring (bicyclic) bond motifs is 1. The summed E-state index contributed by atoms with van der Waals surface area (Å²) in [6.45, 7) is 3.66. The number of benzene rings is 4. The van der Waals surface area contributed by atoms with Gasteiger partial charge in [-0.3, -0.25) is 9.35 Å². The number of anilines is 1. The fourth-order valence-corrected chi connectivity index (χ4v) is 5.18. The maximum Gasteiger partial charge on any atom is 1.00 e. The van der Waals surface area contributed by atoms with Crippen molar-refractivity contribution < 1.29 is 57.2 Å². The molecular formula is C26H20Cl2N3NaO6S. The van der Waals surface area contributed by atoms with Crippen LogP contribution >= 0.6 is 23.2 Å². The quantitative estimate of drug-likeness (QED) is 0.189. The Morgan fingerprint density at radius 1 is 1.08 bits per heavy atom. The van der Waals surface area contributed by atoms with Crippen molar-refractivity contribution in [1.82, 2.24) is 0 Å². The van der Waals surface area contributed by atoms with Crippen LogP contribution in [-0.2, 0) is 10.1 Å². The molecule has 0 unspecified atom stereocenters. The van der Waals surface area contributed by atoms with E-state index >= 15 is 0 Å². The zero-order valence-electron chi connectivity index (χ0n) is 21.0. The van der Waals surface area contributed by atoms with Gasteiger partial charge in [0.25, 0.3) is 16.0 Å². The zero-order chi connectivity index (χ0) is 27.6. The number of hydrogen-bond acceptors (Lipinski definition) is 7. The first kappa shape index (κ1) is 30.8. The Morgan fingerprint density at radius 3 is 2.46 bits per heavy atom. The van der Waals surface area contributed by atoms with E-state index in [4.69, 9.17) is 27.9 Å². The number of rotatable bonds is 7. The Bertz CT molecular complexity index is 1710. The van der Waals surface area contributed by atoms with E-state index in [2.05, 4.69) is 15.5 Å². The van der Waals surface area contributed by atoms with Crippen LogP contribution in [0.2, 0.25) is 10.0 Å². The minimum Gasteiger partial charge on any atom is -0.870 e. The molecule has 0 radical (unpaired) electrons. The molecule has 0 aromatic heterocycles. The smallest absolute Gasteiger partial charge is 0.870 e. The molecule has 4 rings (SSSR count). The van der Waals surface area contributed by atoms with Gasteiger partial charge < -0.3 is 15.2 Å². The molecule has 0 aliphatic carbocycles. The number of hydrogen-bond donors (Lipinski definition) is 2. The van der Waals surface area contributed by atoms with Crippen molar-refractivity contribution in [3.05, 3.63) is 81.8 Å². The van der Waals surface area contributed by atoms with Crippen molar-refractivity contribution in [1.29, 1.82) is 0 Å². The summed E-state index contributed by atoms with van der Waals surface area (Å²) in [5.74, 6) is -1.01. The van der Waals surface area contributed by atoms with Gasteiger partial charge in [0.05, 0.1) is 17.3 Å². The van der Waals surface area contributed by atoms with E-state index in [0.29, 0.717) is 28.8 Å². The number of carbonyl (C=O) groups excluding carboxylic acids is 1. The van der Waals surface area contributed by atoms with E-state index in [9.17, 15) is 22.9 Å². The third-order valence-corrected chi connectivity index (χ3v) is 7.01. The number of ether oxygens (including phenoxy) is 1. The maximum atomic E-state index is 13.4. The Morgan fingerprint density at radius 2 is 1.79 bits per heavy atom. The molecule has 0 atom stereocenters. The molecule has 0 heterocycles. The standard InChI is InChI=1S/C26H21Cl2N3O6S.Na/c1-3-37-22-9-8-17(13-20(22)28)29-26(33)19-11-15-6-4-5-7-18(15)23(24(19)32)31-30-21-12-16(27)10-14(2)25(21)38(34,35)36;/h4-13,32H,3H2,1-2H3,(H,29,33)(H,34,35,36);/q;+1/p-1. The van der Waals surface area contributed by atoms with E-state index in [-0.39, 0.29) is 62.1 Å². The van der Waals surface area contributed by atoms with Crippen molar-refractivity contribution in [3.63, 3.8) is 0 Å². The molecule has 0 bridgehead atoms. The fourth-order valence-electron chi connectivity index (χ4n) is 3.85. The van der Waals surface area contributed by atoms with Gasteiger partial charge in [0.2, 0.25) is 0 Å². The minimum atomic E-state index is -4.68. The van der Waals surface area contributed by atoms with E-state index in [1.54, 1.807) is 36.4 Å². The number of carbonyl (C=O) groups is 1. The number of azo groups is 1. The minimum absolute atomic E-state index is 0. The summed E-state index contributed by atoms with van der Waals surface area (Å²) in [6, 6.07) is 15.3. The van der Waals surface area contributed by atoms with Gasteiger partial charge in [0, 0.05) is 21.7 Å². The number of nitrogens with one attached hydrogen (secondary N) is 1. The molecule has 39 heavy (non-hydrogen) atoms. The Labute approximate surface area is 256 Å². The normalized spacial score (nSPS) is 11.4. The molecular weight excluding hydrogens is 576 g/mol. The zero-order valence-corrected chi connectivity index (χ0v) is 25.4. The molecule has 1 amide bonds. The Hall–Kier alpha value is -2.70. The van der Waals surface area contributed by atoms with Gasteiger partial charge in [0.1, 0.15) is 16.3 Å². The van der Waals surface area contributed by atoms with Gasteiger partial charge in [-0.2, -0.15) is 13.5 Å². The van der Waals surface area contributed by atoms with Crippen LogP contribution in [0.3, 0.4) is 0 Å². The van der Waals surface area contributed by atoms with Crippen molar-refractivity contribution in [2.24, 2.45) is 10.2 Å². The molecule has 4 aromatic rings. The molecule has 0 fully saturated rings. The van der Waals surface area contributed by atoms with Crippen LogP contribution < -0.4 is 44.7 Å². The molecule has 0 saturated heterocycles. The topological polar surface area (TPSA) is 140 Å². The number of amides is 1. The van der Waals surface area contributed by atoms with E-state index < -0.39 is 26.7 Å². The summed E-state index contributed by atoms with van der Waals surface area (Å²) < 4.78 is 39.0. The van der Waals surface area contributed by atoms with Crippen LogP contribution in [0.25, 0.3) is 10.8 Å². The van der Waals surface area contributed by atoms with Crippen LogP contribution in [0.4, 0.5) is 17.1 Å². The van der Waals surface area contributed by atoms with Gasteiger partial charge in [0.15, 0.2) is 0 Å². The SMILES string of the molecule is CCOc1ccc(NC(=O)c2cc3ccccc3c(N=Nc3cc(Cl)cc(C)c3S(=O)(=O)O)c2[O-])cc1Cl.[Na+]. The second-order valence-electron chi connectivity index (χ2n) is 8.10. The molecule has 2 N–H and O–H groups in total. The predicted molar refractivity (Wildman–Crippen MR) is 144 cm³/mol. The van der Waals surface area contributed by atoms with Crippen molar-refractivity contribution in [2.45, 2.75) is 18.7 Å². The van der Waals surface area contributed by atoms with Crippen LogP contribution in [0.5, 0.6) is 11.5 Å². The van der Waals surface area contributed by atoms with E-state index in [1.807, 2.05) is 6.92 Å². The predicted octanol–water partition coefficient (Wildman–Crippen LogP) is 3.85. The summed E-state index contributed by atoms with van der Waals surface area (Å²) in [7, 11) is -4.68. The molecule has 0 saturated carbocycles. The van der Waals surface area contributed by atoms with Crippen LogP contribution in [0, 0.1) is 6.92 Å². The summed E-state index contributed by atoms with van der Waals surface area (Å²) >= 11 is 12.3. The summed E-state index contributed by atoms with van der Waals surface area (Å²) in [5.41, 5.74) is -0.202. The second-order valence-corrected chi connectivity index (χ2v) is 10.3. The monoisotopic (exact) mass is 595 g/mol. The third kappa shape index (κ3) is 6.90. The van der Waals surface area contributed by atoms with Gasteiger partial charge in [-0.05, 0) is 61.2 Å². The summed E-state index contributed by atoms with van der Waals surface area (Å²) in [4.78, 5) is 12.6. The first-order valence-corrected chi connectivity index (χ1v) is 13.3.